The highest BCUT2D eigenvalue weighted by atomic mass is 16.4. The first-order valence-corrected chi connectivity index (χ1v) is 3.17. The Bertz CT molecular complexity index is 55.7. The van der Waals surface area contributed by atoms with E-state index in [4.69, 9.17) is 20.4 Å². The molecule has 0 aromatic heterocycles. The van der Waals surface area contributed by atoms with Gasteiger partial charge in [-0.2, -0.15) is 0 Å². The predicted molar refractivity (Wildman–Crippen MR) is 37.5 cm³/mol. The van der Waals surface area contributed by atoms with E-state index in [0.717, 1.165) is 0 Å². The highest BCUT2D eigenvalue weighted by Gasteiger charge is 2.06. The molecule has 0 aliphatic rings. The summed E-state index contributed by atoms with van der Waals surface area (Å²) in [6, 6.07) is 0. The van der Waals surface area contributed by atoms with Gasteiger partial charge < -0.3 is 20.4 Å². The van der Waals surface area contributed by atoms with E-state index in [1.807, 2.05) is 0 Å². The lowest BCUT2D eigenvalue weighted by Gasteiger charge is -2.07. The summed E-state index contributed by atoms with van der Waals surface area (Å²) in [5.74, 6) is 0. The van der Waals surface area contributed by atoms with Gasteiger partial charge in [-0.1, -0.05) is 0 Å². The minimum atomic E-state index is -0.986. The van der Waals surface area contributed by atoms with Crippen molar-refractivity contribution in [2.24, 2.45) is 0 Å². The van der Waals surface area contributed by atoms with E-state index in [-0.39, 0.29) is 13.2 Å². The highest BCUT2D eigenvalue weighted by molar-refractivity contribution is 4.57. The van der Waals surface area contributed by atoms with Gasteiger partial charge >= 0.3 is 0 Å². The molecule has 4 N–H and O–H groups in total. The molecule has 0 rings (SSSR count). The van der Waals surface area contributed by atoms with Crippen LogP contribution in [0.2, 0.25) is 0 Å². The van der Waals surface area contributed by atoms with Gasteiger partial charge in [0, 0.05) is 6.61 Å². The molecule has 0 amide bonds. The zero-order valence-electron chi connectivity index (χ0n) is 6.36. The van der Waals surface area contributed by atoms with E-state index in [1.165, 1.54) is 6.92 Å². The number of hydrogen-bond acceptors (Lipinski definition) is 4. The van der Waals surface area contributed by atoms with Crippen molar-refractivity contribution in [1.82, 2.24) is 0 Å². The molecule has 4 heteroatoms. The van der Waals surface area contributed by atoms with Crippen LogP contribution < -0.4 is 0 Å². The summed E-state index contributed by atoms with van der Waals surface area (Å²) < 4.78 is 0. The molecule has 10 heavy (non-hydrogen) atoms. The molecule has 0 saturated heterocycles. The molecule has 0 bridgehead atoms. The van der Waals surface area contributed by atoms with Crippen molar-refractivity contribution in [3.05, 3.63) is 0 Å². The molecule has 0 radical (unpaired) electrons. The zero-order chi connectivity index (χ0) is 8.57. The second-order valence-electron chi connectivity index (χ2n) is 1.81. The van der Waals surface area contributed by atoms with Gasteiger partial charge in [0.25, 0.3) is 0 Å². The largest absolute Gasteiger partial charge is 0.397 e. The van der Waals surface area contributed by atoms with E-state index in [9.17, 15) is 0 Å². The summed E-state index contributed by atoms with van der Waals surface area (Å²) in [6.45, 7) is 2.97. The fourth-order valence-electron chi connectivity index (χ4n) is 0.153. The quantitative estimate of drug-likeness (QED) is 0.397. The van der Waals surface area contributed by atoms with E-state index >= 15 is 0 Å². The first-order valence-electron chi connectivity index (χ1n) is 3.17. The molecule has 0 fully saturated rings. The van der Waals surface area contributed by atoms with Gasteiger partial charge in [0.15, 0.2) is 0 Å². The normalized spacial score (nSPS) is 15.0. The number of aliphatic hydroxyl groups is 4. The zero-order valence-corrected chi connectivity index (χ0v) is 6.36. The molecule has 0 unspecified atom stereocenters. The summed E-state index contributed by atoms with van der Waals surface area (Å²) >= 11 is 0. The standard InChI is InChI=1S/C4H10O3.C2H6O/c1-3(6)4(7)2-5;1-2-3/h3-7H,2H2,1H3;3H,2H2,1H3/t3-,4+;/m0./s1. The number of aliphatic hydroxyl groups excluding tert-OH is 4. The van der Waals surface area contributed by atoms with E-state index < -0.39 is 12.2 Å². The van der Waals surface area contributed by atoms with Crippen LogP contribution in [0.5, 0.6) is 0 Å². The molecule has 0 saturated carbocycles. The average Bonchev–Trinajstić information content (AvgIpc) is 1.88. The van der Waals surface area contributed by atoms with E-state index in [2.05, 4.69) is 0 Å². The Labute approximate surface area is 60.7 Å². The highest BCUT2D eigenvalue weighted by Crippen LogP contribution is 1.87. The molecule has 4 nitrogen and oxygen atoms in total. The van der Waals surface area contributed by atoms with Gasteiger partial charge in [0.2, 0.25) is 0 Å². The smallest absolute Gasteiger partial charge is 0.103 e. The van der Waals surface area contributed by atoms with Crippen LogP contribution >= 0.6 is 0 Å². The monoisotopic (exact) mass is 152 g/mol. The Morgan fingerprint density at radius 3 is 1.50 bits per heavy atom. The van der Waals surface area contributed by atoms with Crippen molar-refractivity contribution >= 4 is 0 Å². The van der Waals surface area contributed by atoms with Crippen LogP contribution in [-0.2, 0) is 0 Å². The molecule has 0 aromatic carbocycles. The maximum atomic E-state index is 8.44. The van der Waals surface area contributed by atoms with Crippen LogP contribution in [0.1, 0.15) is 13.8 Å². The number of rotatable bonds is 2. The Balaban J connectivity index is 0. The fourth-order valence-corrected chi connectivity index (χ4v) is 0.153. The van der Waals surface area contributed by atoms with Crippen LogP contribution in [0.3, 0.4) is 0 Å². The summed E-state index contributed by atoms with van der Waals surface area (Å²) in [4.78, 5) is 0. The average molecular weight is 152 g/mol. The molecule has 0 aliphatic carbocycles. The van der Waals surface area contributed by atoms with E-state index in [0.29, 0.717) is 0 Å². The van der Waals surface area contributed by atoms with Gasteiger partial charge in [-0.3, -0.25) is 0 Å². The van der Waals surface area contributed by atoms with Crippen LogP contribution in [0.25, 0.3) is 0 Å². The Kier molecular flexibility index (Phi) is 11.1. The van der Waals surface area contributed by atoms with Gasteiger partial charge in [0.05, 0.1) is 12.7 Å². The van der Waals surface area contributed by atoms with Crippen molar-refractivity contribution < 1.29 is 20.4 Å². The topological polar surface area (TPSA) is 80.9 Å². The van der Waals surface area contributed by atoms with Crippen LogP contribution in [0.4, 0.5) is 0 Å². The van der Waals surface area contributed by atoms with Crippen molar-refractivity contribution in [1.29, 1.82) is 0 Å². The van der Waals surface area contributed by atoms with Crippen molar-refractivity contribution in [2.75, 3.05) is 13.2 Å². The van der Waals surface area contributed by atoms with E-state index in [1.54, 1.807) is 6.92 Å². The fraction of sp³-hybridized carbons (Fsp3) is 1.00. The van der Waals surface area contributed by atoms with Crippen molar-refractivity contribution in [3.63, 3.8) is 0 Å². The lowest BCUT2D eigenvalue weighted by molar-refractivity contribution is -0.00425. The van der Waals surface area contributed by atoms with Crippen LogP contribution in [0.15, 0.2) is 0 Å². The summed E-state index contributed by atoms with van der Waals surface area (Å²) in [6.07, 6.45) is -1.81. The minimum absolute atomic E-state index is 0.250. The molecular formula is C6H16O4. The van der Waals surface area contributed by atoms with Gasteiger partial charge in [0.1, 0.15) is 6.10 Å². The van der Waals surface area contributed by atoms with Gasteiger partial charge in [-0.15, -0.1) is 0 Å². The third-order valence-corrected chi connectivity index (χ3v) is 0.744. The van der Waals surface area contributed by atoms with Crippen LogP contribution in [0, 0.1) is 0 Å². The Hall–Kier alpha value is -0.160. The van der Waals surface area contributed by atoms with Crippen molar-refractivity contribution in [2.45, 2.75) is 26.1 Å². The first-order chi connectivity index (χ1) is 4.59. The summed E-state index contributed by atoms with van der Waals surface area (Å²) in [7, 11) is 0. The summed E-state index contributed by atoms with van der Waals surface area (Å²) in [5, 5.41) is 32.5. The maximum Gasteiger partial charge on any atom is 0.103 e. The second-order valence-corrected chi connectivity index (χ2v) is 1.81. The Morgan fingerprint density at radius 1 is 1.20 bits per heavy atom. The molecule has 2 atom stereocenters. The third kappa shape index (κ3) is 10.8. The molecule has 64 valence electrons. The summed E-state index contributed by atoms with van der Waals surface area (Å²) in [5.41, 5.74) is 0. The lowest BCUT2D eigenvalue weighted by Crippen LogP contribution is -2.25. The Morgan fingerprint density at radius 2 is 1.50 bits per heavy atom. The predicted octanol–water partition coefficient (Wildman–Crippen LogP) is -1.28. The minimum Gasteiger partial charge on any atom is -0.397 e. The number of hydrogen-bond donors (Lipinski definition) is 4. The molecule has 0 spiro atoms. The molecule has 0 aliphatic heterocycles. The maximum absolute atomic E-state index is 8.44. The van der Waals surface area contributed by atoms with Gasteiger partial charge in [-0.05, 0) is 13.8 Å². The SMILES string of the molecule is CCO.C[C@H](O)[C@H](O)CO. The first kappa shape index (κ1) is 12.5. The second kappa shape index (κ2) is 8.84. The molecule has 0 heterocycles. The lowest BCUT2D eigenvalue weighted by atomic mass is 10.2. The van der Waals surface area contributed by atoms with Gasteiger partial charge in [-0.25, -0.2) is 0 Å². The third-order valence-electron chi connectivity index (χ3n) is 0.744. The molecule has 0 aromatic rings. The van der Waals surface area contributed by atoms with Crippen molar-refractivity contribution in [3.8, 4) is 0 Å². The van der Waals surface area contributed by atoms with Crippen LogP contribution in [-0.4, -0.2) is 45.8 Å². The molecular weight excluding hydrogens is 136 g/mol.